The summed E-state index contributed by atoms with van der Waals surface area (Å²) < 4.78 is 0. The van der Waals surface area contributed by atoms with E-state index in [4.69, 9.17) is 5.73 Å². The van der Waals surface area contributed by atoms with Crippen LogP contribution in [0.3, 0.4) is 0 Å². The minimum atomic E-state index is 0.108. The van der Waals surface area contributed by atoms with Crippen LogP contribution in [-0.4, -0.2) is 29.4 Å². The van der Waals surface area contributed by atoms with E-state index in [9.17, 15) is 4.79 Å². The van der Waals surface area contributed by atoms with Crippen LogP contribution in [-0.2, 0) is 4.79 Å². The van der Waals surface area contributed by atoms with Gasteiger partial charge in [0.25, 0.3) is 0 Å². The van der Waals surface area contributed by atoms with Gasteiger partial charge in [-0.1, -0.05) is 13.3 Å². The fourth-order valence-corrected chi connectivity index (χ4v) is 2.87. The molecule has 3 heteroatoms. The Labute approximate surface area is 105 Å². The molecule has 2 rings (SSSR count). The summed E-state index contributed by atoms with van der Waals surface area (Å²) in [5.41, 5.74) is 6.05. The van der Waals surface area contributed by atoms with Gasteiger partial charge in [0.05, 0.1) is 0 Å². The highest BCUT2D eigenvalue weighted by atomic mass is 16.2. The van der Waals surface area contributed by atoms with Crippen molar-refractivity contribution in [2.24, 2.45) is 17.6 Å². The average molecular weight is 238 g/mol. The van der Waals surface area contributed by atoms with Crippen molar-refractivity contribution in [2.75, 3.05) is 6.54 Å². The highest BCUT2D eigenvalue weighted by molar-refractivity contribution is 5.77. The number of hydrogen-bond acceptors (Lipinski definition) is 2. The number of likely N-dealkylation sites (tertiary alicyclic amines) is 1. The average Bonchev–Trinajstić information content (AvgIpc) is 3.13. The molecule has 1 aliphatic heterocycles. The van der Waals surface area contributed by atoms with E-state index in [0.29, 0.717) is 24.3 Å². The summed E-state index contributed by atoms with van der Waals surface area (Å²) in [6, 6.07) is 0.522. The van der Waals surface area contributed by atoms with Gasteiger partial charge in [0.2, 0.25) is 5.91 Å². The molecule has 3 atom stereocenters. The maximum Gasteiger partial charge on any atom is 0.224 e. The van der Waals surface area contributed by atoms with Gasteiger partial charge in [-0.05, 0) is 44.4 Å². The van der Waals surface area contributed by atoms with Crippen LogP contribution in [0, 0.1) is 11.8 Å². The molecule has 2 fully saturated rings. The van der Waals surface area contributed by atoms with Crippen LogP contribution in [0.2, 0.25) is 0 Å². The van der Waals surface area contributed by atoms with Gasteiger partial charge in [0.15, 0.2) is 0 Å². The van der Waals surface area contributed by atoms with Crippen molar-refractivity contribution in [2.45, 2.75) is 64.5 Å². The number of hydrogen-bond donors (Lipinski definition) is 1. The number of piperidine rings is 1. The highest BCUT2D eigenvalue weighted by Gasteiger charge is 2.33. The third-order valence-corrected chi connectivity index (χ3v) is 4.52. The Morgan fingerprint density at radius 1 is 1.35 bits per heavy atom. The van der Waals surface area contributed by atoms with Crippen LogP contribution in [0.5, 0.6) is 0 Å². The summed E-state index contributed by atoms with van der Waals surface area (Å²) >= 11 is 0. The lowest BCUT2D eigenvalue weighted by Gasteiger charge is -2.38. The molecule has 2 aliphatic rings. The molecule has 0 spiro atoms. The Morgan fingerprint density at radius 3 is 2.65 bits per heavy atom. The zero-order valence-corrected chi connectivity index (χ0v) is 11.2. The number of nitrogens with two attached hydrogens (primary N) is 1. The molecule has 17 heavy (non-hydrogen) atoms. The van der Waals surface area contributed by atoms with E-state index in [1.807, 2.05) is 0 Å². The first-order valence-electron chi connectivity index (χ1n) is 7.16. The van der Waals surface area contributed by atoms with E-state index >= 15 is 0 Å². The van der Waals surface area contributed by atoms with Gasteiger partial charge >= 0.3 is 0 Å². The van der Waals surface area contributed by atoms with Crippen LogP contribution in [0.25, 0.3) is 0 Å². The minimum Gasteiger partial charge on any atom is -0.340 e. The van der Waals surface area contributed by atoms with E-state index in [1.165, 1.54) is 25.7 Å². The van der Waals surface area contributed by atoms with Crippen LogP contribution in [0.15, 0.2) is 0 Å². The van der Waals surface area contributed by atoms with Gasteiger partial charge in [-0.15, -0.1) is 0 Å². The first-order chi connectivity index (χ1) is 8.11. The van der Waals surface area contributed by atoms with E-state index in [-0.39, 0.29) is 11.9 Å². The third kappa shape index (κ3) is 3.21. The Hall–Kier alpha value is -0.570. The summed E-state index contributed by atoms with van der Waals surface area (Å²) in [5.74, 6) is 1.61. The molecule has 3 nitrogen and oxygen atoms in total. The zero-order valence-electron chi connectivity index (χ0n) is 11.2. The smallest absolute Gasteiger partial charge is 0.224 e. The highest BCUT2D eigenvalue weighted by Crippen LogP contribution is 2.33. The fraction of sp³-hybridized carbons (Fsp3) is 0.929. The predicted molar refractivity (Wildman–Crippen MR) is 69.5 cm³/mol. The summed E-state index contributed by atoms with van der Waals surface area (Å²) in [6.07, 6.45) is 6.62. The van der Waals surface area contributed by atoms with Gasteiger partial charge in [-0.2, -0.15) is 0 Å². The topological polar surface area (TPSA) is 46.3 Å². The molecular weight excluding hydrogens is 212 g/mol. The molecule has 0 aromatic heterocycles. The number of rotatable bonds is 4. The normalized spacial score (nSPS) is 31.4. The lowest BCUT2D eigenvalue weighted by Crippen LogP contribution is -2.47. The van der Waals surface area contributed by atoms with Crippen molar-refractivity contribution in [3.05, 3.63) is 0 Å². The molecule has 1 heterocycles. The number of nitrogens with zero attached hydrogens (tertiary/aromatic N) is 1. The summed E-state index contributed by atoms with van der Waals surface area (Å²) in [7, 11) is 0. The monoisotopic (exact) mass is 238 g/mol. The van der Waals surface area contributed by atoms with Crippen LogP contribution in [0.4, 0.5) is 0 Å². The van der Waals surface area contributed by atoms with Crippen molar-refractivity contribution in [3.8, 4) is 0 Å². The molecule has 1 saturated carbocycles. The Balaban J connectivity index is 1.87. The van der Waals surface area contributed by atoms with Gasteiger partial charge in [0.1, 0.15) is 0 Å². The van der Waals surface area contributed by atoms with Gasteiger partial charge in [-0.25, -0.2) is 0 Å². The fourth-order valence-electron chi connectivity index (χ4n) is 2.87. The van der Waals surface area contributed by atoms with Gasteiger partial charge in [-0.3, -0.25) is 4.79 Å². The summed E-state index contributed by atoms with van der Waals surface area (Å²) in [5, 5.41) is 0. The molecule has 2 N–H and O–H groups in total. The molecular formula is C14H26N2O. The molecule has 0 bridgehead atoms. The first-order valence-corrected chi connectivity index (χ1v) is 7.16. The van der Waals surface area contributed by atoms with Crippen LogP contribution in [0.1, 0.15) is 52.4 Å². The standard InChI is InChI=1S/C14H26N2O/c1-3-11-5-4-10(2)16(9-11)14(17)8-13(15)12-6-7-12/h10-13H,3-9,15H2,1-2H3. The van der Waals surface area contributed by atoms with E-state index in [2.05, 4.69) is 18.7 Å². The number of carbonyl (C=O) groups excluding carboxylic acids is 1. The van der Waals surface area contributed by atoms with Crippen molar-refractivity contribution in [1.82, 2.24) is 4.90 Å². The number of amides is 1. The van der Waals surface area contributed by atoms with Crippen molar-refractivity contribution in [3.63, 3.8) is 0 Å². The second-order valence-corrected chi connectivity index (χ2v) is 5.95. The summed E-state index contributed by atoms with van der Waals surface area (Å²) in [4.78, 5) is 14.3. The summed E-state index contributed by atoms with van der Waals surface area (Å²) in [6.45, 7) is 5.35. The van der Waals surface area contributed by atoms with E-state index in [1.54, 1.807) is 0 Å². The Morgan fingerprint density at radius 2 is 2.06 bits per heavy atom. The van der Waals surface area contributed by atoms with E-state index in [0.717, 1.165) is 13.0 Å². The molecule has 0 aromatic rings. The largest absolute Gasteiger partial charge is 0.340 e. The zero-order chi connectivity index (χ0) is 12.4. The second-order valence-electron chi connectivity index (χ2n) is 5.95. The molecule has 1 aliphatic carbocycles. The molecule has 1 saturated heterocycles. The Bertz CT molecular complexity index is 275. The number of carbonyl (C=O) groups is 1. The predicted octanol–water partition coefficient (Wildman–Crippen LogP) is 2.15. The molecule has 0 radical (unpaired) electrons. The van der Waals surface area contributed by atoms with Crippen molar-refractivity contribution in [1.29, 1.82) is 0 Å². The van der Waals surface area contributed by atoms with E-state index < -0.39 is 0 Å². The van der Waals surface area contributed by atoms with Crippen LogP contribution >= 0.6 is 0 Å². The van der Waals surface area contributed by atoms with Crippen molar-refractivity contribution < 1.29 is 4.79 Å². The van der Waals surface area contributed by atoms with Crippen LogP contribution < -0.4 is 5.73 Å². The molecule has 1 amide bonds. The Kier molecular flexibility index (Phi) is 4.08. The van der Waals surface area contributed by atoms with Gasteiger partial charge < -0.3 is 10.6 Å². The maximum atomic E-state index is 12.3. The molecule has 98 valence electrons. The second kappa shape index (κ2) is 5.38. The molecule has 0 aromatic carbocycles. The quantitative estimate of drug-likeness (QED) is 0.815. The maximum absolute atomic E-state index is 12.3. The SMILES string of the molecule is CCC1CCC(C)N(C(=O)CC(N)C2CC2)C1. The molecule has 3 unspecified atom stereocenters. The lowest BCUT2D eigenvalue weighted by atomic mass is 9.91. The first kappa shape index (κ1) is 12.9. The third-order valence-electron chi connectivity index (χ3n) is 4.52. The lowest BCUT2D eigenvalue weighted by molar-refractivity contribution is -0.136. The minimum absolute atomic E-state index is 0.108. The van der Waals surface area contributed by atoms with Crippen molar-refractivity contribution >= 4 is 5.91 Å². The van der Waals surface area contributed by atoms with Gasteiger partial charge in [0, 0.05) is 25.0 Å².